The smallest absolute Gasteiger partial charge is 0.124 e. The molecule has 0 atom stereocenters. The third-order valence-electron chi connectivity index (χ3n) is 2.12. The fraction of sp³-hybridized carbons (Fsp3) is 0.583. The van der Waals surface area contributed by atoms with Gasteiger partial charge in [0.2, 0.25) is 0 Å². The number of allylic oxidation sites excluding steroid dienone is 2. The van der Waals surface area contributed by atoms with Crippen LogP contribution < -0.4 is 5.32 Å². The first-order valence-electron chi connectivity index (χ1n) is 4.85. The van der Waals surface area contributed by atoms with Gasteiger partial charge in [-0.3, -0.25) is 4.99 Å². The highest BCUT2D eigenvalue weighted by Gasteiger charge is 2.12. The van der Waals surface area contributed by atoms with Gasteiger partial charge in [-0.05, 0) is 25.3 Å². The average molecular weight is 194 g/mol. The molecular weight excluding hydrogens is 172 g/mol. The van der Waals surface area contributed by atoms with E-state index in [9.17, 15) is 0 Å². The van der Waals surface area contributed by atoms with E-state index in [1.54, 1.807) is 7.05 Å². The summed E-state index contributed by atoms with van der Waals surface area (Å²) in [6, 6.07) is 0. The van der Waals surface area contributed by atoms with E-state index in [4.69, 9.17) is 0 Å². The molecule has 0 unspecified atom stereocenters. The van der Waals surface area contributed by atoms with Crippen LogP contribution in [0.15, 0.2) is 28.9 Å². The number of hydrogen-bond acceptors (Lipinski definition) is 1. The van der Waals surface area contributed by atoms with Crippen molar-refractivity contribution in [2.75, 3.05) is 7.05 Å². The molecular formula is C12H22N2. The Hall–Kier alpha value is -1.05. The van der Waals surface area contributed by atoms with Crippen LogP contribution in [-0.4, -0.2) is 12.9 Å². The third-order valence-corrected chi connectivity index (χ3v) is 2.12. The Morgan fingerprint density at radius 3 is 2.07 bits per heavy atom. The Morgan fingerprint density at radius 2 is 1.79 bits per heavy atom. The molecule has 80 valence electrons. The lowest BCUT2D eigenvalue weighted by atomic mass is 9.87. The van der Waals surface area contributed by atoms with Gasteiger partial charge in [0.05, 0.1) is 0 Å². The second-order valence-electron chi connectivity index (χ2n) is 4.59. The van der Waals surface area contributed by atoms with Crippen molar-refractivity contribution in [1.29, 1.82) is 0 Å². The van der Waals surface area contributed by atoms with Crippen LogP contribution in [0.3, 0.4) is 0 Å². The molecule has 0 aromatic heterocycles. The standard InChI is InChI=1S/C12H22N2/c1-9(2)14-11(13-7)8-10(3)12(4,5)6/h8H,1H2,2-7H3,(H,13,14)/b10-8+. The van der Waals surface area contributed by atoms with Gasteiger partial charge >= 0.3 is 0 Å². The number of nitrogens with zero attached hydrogens (tertiary/aromatic N) is 1. The SMILES string of the molecule is C=C(C)NC(/C=C(\C)C(C)(C)C)=NC. The summed E-state index contributed by atoms with van der Waals surface area (Å²) in [6.45, 7) is 14.4. The van der Waals surface area contributed by atoms with Gasteiger partial charge in [0.15, 0.2) is 0 Å². The first-order chi connectivity index (χ1) is 6.27. The molecule has 0 saturated heterocycles. The second kappa shape index (κ2) is 4.99. The molecule has 0 heterocycles. The predicted octanol–water partition coefficient (Wildman–Crippen LogP) is 3.13. The largest absolute Gasteiger partial charge is 0.345 e. The molecule has 0 aliphatic rings. The topological polar surface area (TPSA) is 24.4 Å². The van der Waals surface area contributed by atoms with Crippen molar-refractivity contribution in [2.45, 2.75) is 34.6 Å². The van der Waals surface area contributed by atoms with Crippen molar-refractivity contribution < 1.29 is 0 Å². The van der Waals surface area contributed by atoms with Gasteiger partial charge in [-0.25, -0.2) is 0 Å². The second-order valence-corrected chi connectivity index (χ2v) is 4.59. The highest BCUT2D eigenvalue weighted by atomic mass is 15.0. The molecule has 1 N–H and O–H groups in total. The van der Waals surface area contributed by atoms with Gasteiger partial charge in [-0.15, -0.1) is 0 Å². The molecule has 0 radical (unpaired) electrons. The number of nitrogens with one attached hydrogen (secondary N) is 1. The number of aliphatic imine (C=N–C) groups is 1. The van der Waals surface area contributed by atoms with E-state index >= 15 is 0 Å². The van der Waals surface area contributed by atoms with Crippen molar-refractivity contribution >= 4 is 5.84 Å². The van der Waals surface area contributed by atoms with Crippen LogP contribution in [-0.2, 0) is 0 Å². The predicted molar refractivity (Wildman–Crippen MR) is 64.5 cm³/mol. The Morgan fingerprint density at radius 1 is 1.29 bits per heavy atom. The van der Waals surface area contributed by atoms with Crippen molar-refractivity contribution in [3.05, 3.63) is 23.9 Å². The highest BCUT2D eigenvalue weighted by molar-refractivity contribution is 5.94. The molecule has 0 aromatic rings. The van der Waals surface area contributed by atoms with Gasteiger partial charge in [0.1, 0.15) is 5.84 Å². The van der Waals surface area contributed by atoms with Crippen LogP contribution in [0.25, 0.3) is 0 Å². The van der Waals surface area contributed by atoms with Crippen molar-refractivity contribution in [3.63, 3.8) is 0 Å². The lowest BCUT2D eigenvalue weighted by Crippen LogP contribution is -2.20. The molecule has 0 saturated carbocycles. The minimum Gasteiger partial charge on any atom is -0.345 e. The monoisotopic (exact) mass is 194 g/mol. The van der Waals surface area contributed by atoms with Crippen molar-refractivity contribution in [2.24, 2.45) is 10.4 Å². The van der Waals surface area contributed by atoms with Gasteiger partial charge in [0.25, 0.3) is 0 Å². The lowest BCUT2D eigenvalue weighted by Gasteiger charge is -2.20. The van der Waals surface area contributed by atoms with E-state index in [0.717, 1.165) is 11.5 Å². The number of rotatable bonds is 2. The molecule has 0 rings (SSSR count). The summed E-state index contributed by atoms with van der Waals surface area (Å²) >= 11 is 0. The summed E-state index contributed by atoms with van der Waals surface area (Å²) in [4.78, 5) is 4.15. The maximum absolute atomic E-state index is 4.15. The maximum Gasteiger partial charge on any atom is 0.124 e. The fourth-order valence-corrected chi connectivity index (χ4v) is 0.797. The third kappa shape index (κ3) is 4.85. The van der Waals surface area contributed by atoms with Crippen LogP contribution in [0.5, 0.6) is 0 Å². The van der Waals surface area contributed by atoms with E-state index < -0.39 is 0 Å². The molecule has 2 nitrogen and oxygen atoms in total. The minimum atomic E-state index is 0.187. The molecule has 14 heavy (non-hydrogen) atoms. The summed E-state index contributed by atoms with van der Waals surface area (Å²) in [5.41, 5.74) is 2.39. The number of hydrogen-bond donors (Lipinski definition) is 1. The highest BCUT2D eigenvalue weighted by Crippen LogP contribution is 2.23. The van der Waals surface area contributed by atoms with Crippen molar-refractivity contribution in [3.8, 4) is 0 Å². The Kier molecular flexibility index (Phi) is 4.61. The molecule has 0 aromatic carbocycles. The quantitative estimate of drug-likeness (QED) is 0.530. The zero-order valence-electron chi connectivity index (χ0n) is 10.2. The molecule has 0 amide bonds. The molecule has 2 heteroatoms. The molecule has 0 spiro atoms. The van der Waals surface area contributed by atoms with Crippen molar-refractivity contribution in [1.82, 2.24) is 5.32 Å². The first kappa shape index (κ1) is 12.9. The molecule has 0 aliphatic carbocycles. The summed E-state index contributed by atoms with van der Waals surface area (Å²) in [5, 5.41) is 3.11. The Labute approximate surface area is 87.8 Å². The average Bonchev–Trinajstić information content (AvgIpc) is 2.00. The van der Waals surface area contributed by atoms with Crippen LogP contribution in [0.2, 0.25) is 0 Å². The summed E-state index contributed by atoms with van der Waals surface area (Å²) in [6.07, 6.45) is 2.06. The van der Waals surface area contributed by atoms with Crippen LogP contribution in [0.4, 0.5) is 0 Å². The van der Waals surface area contributed by atoms with Gasteiger partial charge in [-0.2, -0.15) is 0 Å². The molecule has 0 bridgehead atoms. The normalized spacial score (nSPS) is 14.1. The molecule has 0 aliphatic heterocycles. The van der Waals surface area contributed by atoms with Crippen LogP contribution in [0.1, 0.15) is 34.6 Å². The zero-order valence-corrected chi connectivity index (χ0v) is 10.2. The van der Waals surface area contributed by atoms with E-state index in [1.165, 1.54) is 5.57 Å². The summed E-state index contributed by atoms with van der Waals surface area (Å²) in [5.74, 6) is 0.866. The van der Waals surface area contributed by atoms with E-state index in [0.29, 0.717) is 0 Å². The van der Waals surface area contributed by atoms with E-state index in [2.05, 4.69) is 50.7 Å². The summed E-state index contributed by atoms with van der Waals surface area (Å²) < 4.78 is 0. The zero-order chi connectivity index (χ0) is 11.4. The molecule has 0 fully saturated rings. The van der Waals surface area contributed by atoms with E-state index in [1.807, 2.05) is 6.92 Å². The van der Waals surface area contributed by atoms with Gasteiger partial charge in [0, 0.05) is 12.7 Å². The van der Waals surface area contributed by atoms with Gasteiger partial charge < -0.3 is 5.32 Å². The minimum absolute atomic E-state index is 0.187. The fourth-order valence-electron chi connectivity index (χ4n) is 0.797. The number of amidine groups is 1. The Balaban J connectivity index is 4.69. The lowest BCUT2D eigenvalue weighted by molar-refractivity contribution is 0.504. The van der Waals surface area contributed by atoms with Gasteiger partial charge in [-0.1, -0.05) is 32.9 Å². The first-order valence-corrected chi connectivity index (χ1v) is 4.85. The van der Waals surface area contributed by atoms with Crippen LogP contribution >= 0.6 is 0 Å². The maximum atomic E-state index is 4.15. The Bertz CT molecular complexity index is 265. The summed E-state index contributed by atoms with van der Waals surface area (Å²) in [7, 11) is 1.78. The van der Waals surface area contributed by atoms with E-state index in [-0.39, 0.29) is 5.41 Å². The van der Waals surface area contributed by atoms with Crippen LogP contribution in [0, 0.1) is 5.41 Å².